The molecule has 4 heteroatoms. The monoisotopic (exact) mass is 295 g/mol. The summed E-state index contributed by atoms with van der Waals surface area (Å²) in [5.74, 6) is 0.853. The molecule has 2 fully saturated rings. The van der Waals surface area contributed by atoms with Crippen LogP contribution in [0.15, 0.2) is 0 Å². The van der Waals surface area contributed by atoms with E-state index in [1.807, 2.05) is 7.05 Å². The molecule has 2 rings (SSSR count). The molecular weight excluding hydrogens is 262 g/mol. The zero-order chi connectivity index (χ0) is 15.2. The molecule has 21 heavy (non-hydrogen) atoms. The fraction of sp³-hybridized carbons (Fsp3) is 0.941. The number of amides is 1. The normalized spacial score (nSPS) is 33.9. The van der Waals surface area contributed by atoms with Crippen molar-refractivity contribution in [3.8, 4) is 0 Å². The zero-order valence-corrected chi connectivity index (χ0v) is 14.0. The van der Waals surface area contributed by atoms with Gasteiger partial charge >= 0.3 is 0 Å². The number of nitrogens with one attached hydrogen (secondary N) is 2. The number of hydrogen-bond donors (Lipinski definition) is 2. The van der Waals surface area contributed by atoms with Crippen LogP contribution in [0.3, 0.4) is 0 Å². The van der Waals surface area contributed by atoms with Gasteiger partial charge in [-0.05, 0) is 58.5 Å². The van der Waals surface area contributed by atoms with Gasteiger partial charge in [0.25, 0.3) is 0 Å². The van der Waals surface area contributed by atoms with E-state index in [9.17, 15) is 4.79 Å². The Morgan fingerprint density at radius 2 is 1.76 bits per heavy atom. The maximum atomic E-state index is 12.3. The van der Waals surface area contributed by atoms with Crippen LogP contribution in [0.25, 0.3) is 0 Å². The summed E-state index contributed by atoms with van der Waals surface area (Å²) >= 11 is 0. The molecule has 0 heterocycles. The molecule has 0 aromatic heterocycles. The van der Waals surface area contributed by atoms with E-state index in [2.05, 4.69) is 29.5 Å². The van der Waals surface area contributed by atoms with E-state index in [4.69, 9.17) is 0 Å². The molecule has 122 valence electrons. The first-order valence-electron chi connectivity index (χ1n) is 8.77. The number of rotatable bonds is 5. The molecule has 0 aromatic rings. The zero-order valence-electron chi connectivity index (χ0n) is 14.0. The summed E-state index contributed by atoms with van der Waals surface area (Å²) in [6.07, 6.45) is 9.86. The molecule has 4 nitrogen and oxygen atoms in total. The van der Waals surface area contributed by atoms with Gasteiger partial charge < -0.3 is 10.6 Å². The van der Waals surface area contributed by atoms with Crippen LogP contribution < -0.4 is 10.6 Å². The molecule has 0 aliphatic heterocycles. The van der Waals surface area contributed by atoms with Gasteiger partial charge in [0.2, 0.25) is 5.91 Å². The van der Waals surface area contributed by atoms with Crippen LogP contribution in [0.4, 0.5) is 0 Å². The van der Waals surface area contributed by atoms with Crippen LogP contribution in [0.1, 0.15) is 58.3 Å². The van der Waals surface area contributed by atoms with Gasteiger partial charge in [0.15, 0.2) is 0 Å². The Kier molecular flexibility index (Phi) is 6.49. The third-order valence-electron chi connectivity index (χ3n) is 5.58. The lowest BCUT2D eigenvalue weighted by Crippen LogP contribution is -2.48. The van der Waals surface area contributed by atoms with Gasteiger partial charge in [-0.15, -0.1) is 0 Å². The summed E-state index contributed by atoms with van der Waals surface area (Å²) in [5.41, 5.74) is 0. The van der Waals surface area contributed by atoms with Gasteiger partial charge in [0, 0.05) is 18.1 Å². The summed E-state index contributed by atoms with van der Waals surface area (Å²) in [6, 6.07) is 1.65. The predicted octanol–water partition coefficient (Wildman–Crippen LogP) is 2.14. The van der Waals surface area contributed by atoms with Gasteiger partial charge in [-0.3, -0.25) is 9.69 Å². The van der Waals surface area contributed by atoms with Crippen LogP contribution >= 0.6 is 0 Å². The quantitative estimate of drug-likeness (QED) is 0.817. The average Bonchev–Trinajstić information content (AvgIpc) is 2.49. The lowest BCUT2D eigenvalue weighted by Gasteiger charge is -2.35. The van der Waals surface area contributed by atoms with Crippen molar-refractivity contribution in [3.63, 3.8) is 0 Å². The Balaban J connectivity index is 1.72. The first-order valence-corrected chi connectivity index (χ1v) is 8.77. The summed E-state index contributed by atoms with van der Waals surface area (Å²) in [6.45, 7) is 2.82. The minimum absolute atomic E-state index is 0.215. The molecule has 2 N–H and O–H groups in total. The Labute approximate surface area is 130 Å². The van der Waals surface area contributed by atoms with E-state index >= 15 is 0 Å². The molecule has 0 aromatic carbocycles. The maximum Gasteiger partial charge on any atom is 0.234 e. The summed E-state index contributed by atoms with van der Waals surface area (Å²) in [4.78, 5) is 14.5. The van der Waals surface area contributed by atoms with Crippen molar-refractivity contribution in [2.45, 2.75) is 76.4 Å². The second-order valence-corrected chi connectivity index (χ2v) is 7.14. The summed E-state index contributed by atoms with van der Waals surface area (Å²) in [5, 5.41) is 6.63. The maximum absolute atomic E-state index is 12.3. The Morgan fingerprint density at radius 3 is 2.38 bits per heavy atom. The van der Waals surface area contributed by atoms with Gasteiger partial charge in [0.05, 0.1) is 6.54 Å². The van der Waals surface area contributed by atoms with Crippen molar-refractivity contribution in [2.75, 3.05) is 20.6 Å². The molecule has 0 spiro atoms. The van der Waals surface area contributed by atoms with Gasteiger partial charge in [-0.2, -0.15) is 0 Å². The molecule has 2 saturated carbocycles. The summed E-state index contributed by atoms with van der Waals surface area (Å²) in [7, 11) is 4.15. The van der Waals surface area contributed by atoms with E-state index < -0.39 is 0 Å². The highest BCUT2D eigenvalue weighted by atomic mass is 16.2. The molecule has 1 amide bonds. The largest absolute Gasteiger partial charge is 0.352 e. The smallest absolute Gasteiger partial charge is 0.234 e. The Morgan fingerprint density at radius 1 is 1.10 bits per heavy atom. The van der Waals surface area contributed by atoms with E-state index in [-0.39, 0.29) is 5.91 Å². The van der Waals surface area contributed by atoms with Crippen molar-refractivity contribution in [1.82, 2.24) is 15.5 Å². The lowest BCUT2D eigenvalue weighted by atomic mass is 9.86. The molecule has 0 bridgehead atoms. The minimum atomic E-state index is 0.215. The number of carbonyl (C=O) groups excluding carboxylic acids is 1. The molecular formula is C17H33N3O. The highest BCUT2D eigenvalue weighted by Gasteiger charge is 2.26. The summed E-state index contributed by atoms with van der Waals surface area (Å²) < 4.78 is 0. The van der Waals surface area contributed by atoms with Crippen molar-refractivity contribution < 1.29 is 4.79 Å². The lowest BCUT2D eigenvalue weighted by molar-refractivity contribution is -0.123. The van der Waals surface area contributed by atoms with Crippen LogP contribution in [0, 0.1) is 5.92 Å². The van der Waals surface area contributed by atoms with Crippen molar-refractivity contribution >= 4 is 5.91 Å². The minimum Gasteiger partial charge on any atom is -0.352 e. The Hall–Kier alpha value is -0.610. The average molecular weight is 295 g/mol. The number of carbonyl (C=O) groups is 1. The van der Waals surface area contributed by atoms with E-state index in [0.29, 0.717) is 30.6 Å². The third kappa shape index (κ3) is 4.96. The highest BCUT2D eigenvalue weighted by Crippen LogP contribution is 2.24. The van der Waals surface area contributed by atoms with Gasteiger partial charge in [0.1, 0.15) is 0 Å². The molecule has 2 aliphatic carbocycles. The van der Waals surface area contributed by atoms with Crippen molar-refractivity contribution in [2.24, 2.45) is 5.92 Å². The predicted molar refractivity (Wildman–Crippen MR) is 87.3 cm³/mol. The standard InChI is InChI=1S/C17H33N3O/c1-13-6-4-5-7-16(13)19-17(21)12-20(3)15-10-8-14(18-2)9-11-15/h13-16,18H,4-12H2,1-3H3,(H,19,21). The van der Waals surface area contributed by atoms with Crippen LogP contribution in [0.5, 0.6) is 0 Å². The van der Waals surface area contributed by atoms with Crippen LogP contribution in [-0.4, -0.2) is 49.6 Å². The Bertz CT molecular complexity index is 326. The molecule has 0 saturated heterocycles. The number of hydrogen-bond acceptors (Lipinski definition) is 3. The number of nitrogens with zero attached hydrogens (tertiary/aromatic N) is 1. The molecule has 0 radical (unpaired) electrons. The van der Waals surface area contributed by atoms with Crippen LogP contribution in [0.2, 0.25) is 0 Å². The van der Waals surface area contributed by atoms with E-state index in [1.165, 1.54) is 44.9 Å². The van der Waals surface area contributed by atoms with E-state index in [0.717, 1.165) is 6.42 Å². The topological polar surface area (TPSA) is 44.4 Å². The molecule has 2 atom stereocenters. The second-order valence-electron chi connectivity index (χ2n) is 7.14. The van der Waals surface area contributed by atoms with Crippen molar-refractivity contribution in [3.05, 3.63) is 0 Å². The first-order chi connectivity index (χ1) is 10.1. The van der Waals surface area contributed by atoms with Crippen LogP contribution in [-0.2, 0) is 4.79 Å². The van der Waals surface area contributed by atoms with Gasteiger partial charge in [-0.1, -0.05) is 19.8 Å². The fourth-order valence-corrected chi connectivity index (χ4v) is 3.94. The molecule has 2 aliphatic rings. The van der Waals surface area contributed by atoms with Crippen molar-refractivity contribution in [1.29, 1.82) is 0 Å². The van der Waals surface area contributed by atoms with E-state index in [1.54, 1.807) is 0 Å². The van der Waals surface area contributed by atoms with Gasteiger partial charge in [-0.25, -0.2) is 0 Å². The second kappa shape index (κ2) is 8.14. The molecule has 2 unspecified atom stereocenters. The highest BCUT2D eigenvalue weighted by molar-refractivity contribution is 5.78. The third-order valence-corrected chi connectivity index (χ3v) is 5.58. The first kappa shape index (κ1) is 16.8. The number of likely N-dealkylation sites (N-methyl/N-ethyl adjacent to an activating group) is 1. The SMILES string of the molecule is CNC1CCC(N(C)CC(=O)NC2CCCCC2C)CC1. The fourth-order valence-electron chi connectivity index (χ4n) is 3.94.